The maximum atomic E-state index is 12.5. The SMILES string of the molecule is Cn1c(C(=O)c2ccc(C(F)(F)F)cc2)cc2c1CC(=O)O2. The molecule has 1 aromatic heterocycles. The summed E-state index contributed by atoms with van der Waals surface area (Å²) in [6, 6.07) is 5.43. The van der Waals surface area contributed by atoms with Crippen molar-refractivity contribution in [2.24, 2.45) is 7.05 Å². The van der Waals surface area contributed by atoms with E-state index in [9.17, 15) is 22.8 Å². The van der Waals surface area contributed by atoms with Crippen molar-refractivity contribution in [3.8, 4) is 5.75 Å². The minimum atomic E-state index is -4.44. The fourth-order valence-electron chi connectivity index (χ4n) is 2.38. The van der Waals surface area contributed by atoms with Gasteiger partial charge in [-0.15, -0.1) is 0 Å². The summed E-state index contributed by atoms with van der Waals surface area (Å²) in [4.78, 5) is 23.5. The number of esters is 1. The average molecular weight is 309 g/mol. The molecule has 0 amide bonds. The van der Waals surface area contributed by atoms with Crippen LogP contribution in [0.2, 0.25) is 0 Å². The Morgan fingerprint density at radius 2 is 1.86 bits per heavy atom. The van der Waals surface area contributed by atoms with Gasteiger partial charge < -0.3 is 9.30 Å². The lowest BCUT2D eigenvalue weighted by Crippen LogP contribution is -2.12. The number of ketones is 1. The van der Waals surface area contributed by atoms with Crippen LogP contribution in [0.15, 0.2) is 30.3 Å². The summed E-state index contributed by atoms with van der Waals surface area (Å²) < 4.78 is 44.0. The molecule has 0 saturated heterocycles. The van der Waals surface area contributed by atoms with Crippen LogP contribution in [0.1, 0.15) is 27.3 Å². The Balaban J connectivity index is 1.92. The van der Waals surface area contributed by atoms with Gasteiger partial charge in [-0.05, 0) is 12.1 Å². The van der Waals surface area contributed by atoms with Gasteiger partial charge in [0.15, 0.2) is 5.75 Å². The molecule has 0 saturated carbocycles. The van der Waals surface area contributed by atoms with E-state index in [4.69, 9.17) is 4.74 Å². The van der Waals surface area contributed by atoms with Crippen molar-refractivity contribution in [3.63, 3.8) is 0 Å². The van der Waals surface area contributed by atoms with Gasteiger partial charge in [-0.2, -0.15) is 13.2 Å². The van der Waals surface area contributed by atoms with Crippen LogP contribution >= 0.6 is 0 Å². The first-order valence-corrected chi connectivity index (χ1v) is 6.38. The van der Waals surface area contributed by atoms with E-state index < -0.39 is 23.5 Å². The molecule has 0 fully saturated rings. The first kappa shape index (κ1) is 14.4. The summed E-state index contributed by atoms with van der Waals surface area (Å²) in [5.41, 5.74) is 0.170. The van der Waals surface area contributed by atoms with Crippen LogP contribution < -0.4 is 4.74 Å². The molecule has 2 heterocycles. The lowest BCUT2D eigenvalue weighted by atomic mass is 10.1. The van der Waals surface area contributed by atoms with Gasteiger partial charge in [0.1, 0.15) is 0 Å². The lowest BCUT2D eigenvalue weighted by Gasteiger charge is -2.08. The molecule has 22 heavy (non-hydrogen) atoms. The number of carbonyl (C=O) groups is 2. The zero-order valence-electron chi connectivity index (χ0n) is 11.4. The van der Waals surface area contributed by atoms with Crippen LogP contribution in [0.4, 0.5) is 13.2 Å². The van der Waals surface area contributed by atoms with E-state index in [1.54, 1.807) is 7.05 Å². The smallest absolute Gasteiger partial charge is 0.416 e. The third-order valence-corrected chi connectivity index (χ3v) is 3.56. The molecule has 1 aliphatic heterocycles. The zero-order valence-corrected chi connectivity index (χ0v) is 11.4. The van der Waals surface area contributed by atoms with E-state index in [-0.39, 0.29) is 17.7 Å². The summed E-state index contributed by atoms with van der Waals surface area (Å²) in [7, 11) is 1.61. The number of halogens is 3. The Morgan fingerprint density at radius 3 is 2.41 bits per heavy atom. The van der Waals surface area contributed by atoms with Gasteiger partial charge in [-0.3, -0.25) is 9.59 Å². The van der Waals surface area contributed by atoms with Crippen LogP contribution in [0.25, 0.3) is 0 Å². The quantitative estimate of drug-likeness (QED) is 0.633. The van der Waals surface area contributed by atoms with Crippen molar-refractivity contribution < 1.29 is 27.5 Å². The molecule has 0 N–H and O–H groups in total. The van der Waals surface area contributed by atoms with Gasteiger partial charge >= 0.3 is 12.1 Å². The standard InChI is InChI=1S/C15H10F3NO3/c1-19-10-7-13(20)22-12(10)6-11(19)14(21)8-2-4-9(5-3-8)15(16,17)18/h2-6H,7H2,1H3. The minimum absolute atomic E-state index is 0.0755. The Hall–Kier alpha value is -2.57. The monoisotopic (exact) mass is 309 g/mol. The molecule has 0 spiro atoms. The third kappa shape index (κ3) is 2.28. The number of aromatic nitrogens is 1. The number of hydrogen-bond acceptors (Lipinski definition) is 3. The van der Waals surface area contributed by atoms with Crippen LogP contribution in [0.5, 0.6) is 5.75 Å². The van der Waals surface area contributed by atoms with Gasteiger partial charge in [0.05, 0.1) is 23.4 Å². The normalized spacial score (nSPS) is 13.9. The van der Waals surface area contributed by atoms with Crippen LogP contribution in [-0.4, -0.2) is 16.3 Å². The Kier molecular flexibility index (Phi) is 3.09. The molecule has 2 aromatic rings. The van der Waals surface area contributed by atoms with Crippen LogP contribution in [0, 0.1) is 0 Å². The van der Waals surface area contributed by atoms with Crippen molar-refractivity contribution in [1.82, 2.24) is 4.57 Å². The highest BCUT2D eigenvalue weighted by Gasteiger charge is 2.31. The molecule has 7 heteroatoms. The van der Waals surface area contributed by atoms with Crippen molar-refractivity contribution >= 4 is 11.8 Å². The highest BCUT2D eigenvalue weighted by molar-refractivity contribution is 6.08. The molecule has 1 aromatic carbocycles. The molecule has 1 aliphatic rings. The zero-order chi connectivity index (χ0) is 16.1. The summed E-state index contributed by atoms with van der Waals surface area (Å²) in [6.07, 6.45) is -4.37. The Morgan fingerprint density at radius 1 is 1.23 bits per heavy atom. The van der Waals surface area contributed by atoms with Gasteiger partial charge in [0, 0.05) is 18.7 Å². The van der Waals surface area contributed by atoms with Gasteiger partial charge in [0.2, 0.25) is 5.78 Å². The predicted octanol–water partition coefficient (Wildman–Crippen LogP) is 2.74. The summed E-state index contributed by atoms with van der Waals surface area (Å²) in [6.45, 7) is 0. The topological polar surface area (TPSA) is 48.3 Å². The third-order valence-electron chi connectivity index (χ3n) is 3.56. The number of carbonyl (C=O) groups excluding carboxylic acids is 2. The van der Waals surface area contributed by atoms with Gasteiger partial charge in [0.25, 0.3) is 0 Å². The molecule has 0 unspecified atom stereocenters. The second-order valence-corrected chi connectivity index (χ2v) is 4.95. The van der Waals surface area contributed by atoms with E-state index in [0.29, 0.717) is 11.4 Å². The van der Waals surface area contributed by atoms with E-state index in [1.165, 1.54) is 10.6 Å². The molecular formula is C15H10F3NO3. The van der Waals surface area contributed by atoms with Gasteiger partial charge in [-0.25, -0.2) is 0 Å². The van der Waals surface area contributed by atoms with E-state index in [1.807, 2.05) is 0 Å². The molecule has 3 rings (SSSR count). The Bertz CT molecular complexity index is 773. The molecule has 0 aliphatic carbocycles. The van der Waals surface area contributed by atoms with Gasteiger partial charge in [-0.1, -0.05) is 12.1 Å². The Labute approximate surface area is 123 Å². The fraction of sp³-hybridized carbons (Fsp3) is 0.200. The van der Waals surface area contributed by atoms with E-state index >= 15 is 0 Å². The maximum Gasteiger partial charge on any atom is 0.416 e. The second kappa shape index (κ2) is 4.72. The first-order chi connectivity index (χ1) is 10.3. The van der Waals surface area contributed by atoms with E-state index in [0.717, 1.165) is 24.3 Å². The molecule has 0 radical (unpaired) electrons. The highest BCUT2D eigenvalue weighted by atomic mass is 19.4. The summed E-state index contributed by atoms with van der Waals surface area (Å²) in [5.74, 6) is -0.501. The summed E-state index contributed by atoms with van der Waals surface area (Å²) in [5, 5.41) is 0. The lowest BCUT2D eigenvalue weighted by molar-refractivity contribution is -0.137. The summed E-state index contributed by atoms with van der Waals surface area (Å²) >= 11 is 0. The number of alkyl halides is 3. The van der Waals surface area contributed by atoms with Crippen LogP contribution in [-0.2, 0) is 24.4 Å². The van der Waals surface area contributed by atoms with Crippen molar-refractivity contribution in [2.45, 2.75) is 12.6 Å². The largest absolute Gasteiger partial charge is 0.424 e. The second-order valence-electron chi connectivity index (χ2n) is 4.95. The number of fused-ring (bicyclic) bond motifs is 1. The number of hydrogen-bond donors (Lipinski definition) is 0. The minimum Gasteiger partial charge on any atom is -0.424 e. The molecule has 4 nitrogen and oxygen atoms in total. The van der Waals surface area contributed by atoms with Crippen LogP contribution in [0.3, 0.4) is 0 Å². The number of benzene rings is 1. The molecule has 0 bridgehead atoms. The van der Waals surface area contributed by atoms with Crippen molar-refractivity contribution in [3.05, 3.63) is 52.8 Å². The first-order valence-electron chi connectivity index (χ1n) is 6.38. The molecule has 114 valence electrons. The average Bonchev–Trinajstić information content (AvgIpc) is 2.96. The van der Waals surface area contributed by atoms with E-state index in [2.05, 4.69) is 0 Å². The highest BCUT2D eigenvalue weighted by Crippen LogP contribution is 2.32. The maximum absolute atomic E-state index is 12.5. The predicted molar refractivity (Wildman–Crippen MR) is 69.6 cm³/mol. The van der Waals surface area contributed by atoms with Crippen molar-refractivity contribution in [1.29, 1.82) is 0 Å². The number of nitrogens with zero attached hydrogens (tertiary/aromatic N) is 1. The van der Waals surface area contributed by atoms with Crippen molar-refractivity contribution in [2.75, 3.05) is 0 Å². The number of ether oxygens (including phenoxy) is 1. The fourth-order valence-corrected chi connectivity index (χ4v) is 2.38. The number of rotatable bonds is 2. The molecular weight excluding hydrogens is 299 g/mol. The molecule has 0 atom stereocenters.